The lowest BCUT2D eigenvalue weighted by Gasteiger charge is -2.14. The molecule has 1 aromatic carbocycles. The molecule has 1 atom stereocenters. The van der Waals surface area contributed by atoms with E-state index in [0.29, 0.717) is 0 Å². The largest absolute Gasteiger partial charge is 0.162 e. The number of hydrogen-bond donors (Lipinski definition) is 0. The number of hydrogen-bond acceptors (Lipinski definition) is 1. The molecule has 1 unspecified atom stereocenters. The summed E-state index contributed by atoms with van der Waals surface area (Å²) in [5.74, 6) is 3.30. The molecule has 2 heteroatoms. The van der Waals surface area contributed by atoms with Crippen LogP contribution in [0.5, 0.6) is 0 Å². The van der Waals surface area contributed by atoms with E-state index in [9.17, 15) is 0 Å². The van der Waals surface area contributed by atoms with Crippen LogP contribution in [-0.2, 0) is 6.42 Å². The van der Waals surface area contributed by atoms with Gasteiger partial charge in [-0.3, -0.25) is 0 Å². The summed E-state index contributed by atoms with van der Waals surface area (Å²) >= 11 is 5.68. The molecular weight excluding hydrogens is 280 g/mol. The number of benzene rings is 1. The minimum absolute atomic E-state index is 0.779. The van der Waals surface area contributed by atoms with Gasteiger partial charge in [0.15, 0.2) is 0 Å². The van der Waals surface area contributed by atoms with Crippen molar-refractivity contribution in [3.63, 3.8) is 0 Å². The summed E-state index contributed by atoms with van der Waals surface area (Å²) in [6.45, 7) is 4.40. The molecule has 1 aromatic rings. The molecule has 0 spiro atoms. The molecule has 0 aromatic heterocycles. The Hall–Kier alpha value is 0.0500. The van der Waals surface area contributed by atoms with E-state index in [2.05, 4.69) is 54.0 Å². The summed E-state index contributed by atoms with van der Waals surface area (Å²) in [5.41, 5.74) is 2.85. The molecule has 0 nitrogen and oxygen atoms in total. The zero-order valence-electron chi connectivity index (χ0n) is 10.2. The third kappa shape index (κ3) is 5.40. The maximum atomic E-state index is 3.63. The Balaban J connectivity index is 2.43. The monoisotopic (exact) mass is 300 g/mol. The van der Waals surface area contributed by atoms with Crippen LogP contribution in [0.2, 0.25) is 0 Å². The van der Waals surface area contributed by atoms with Crippen LogP contribution in [0.1, 0.15) is 24.5 Å². The summed E-state index contributed by atoms with van der Waals surface area (Å²) in [6, 6.07) is 8.88. The molecule has 0 aliphatic rings. The molecule has 0 saturated carbocycles. The SMILES string of the molecule is CCSCCC(CBr)Cc1cccc(C)c1. The second-order valence-electron chi connectivity index (χ2n) is 4.20. The summed E-state index contributed by atoms with van der Waals surface area (Å²) in [7, 11) is 0. The fourth-order valence-electron chi connectivity index (χ4n) is 1.80. The molecule has 0 N–H and O–H groups in total. The fraction of sp³-hybridized carbons (Fsp3) is 0.571. The van der Waals surface area contributed by atoms with Crippen molar-refractivity contribution >= 4 is 27.7 Å². The topological polar surface area (TPSA) is 0 Å². The highest BCUT2D eigenvalue weighted by molar-refractivity contribution is 9.09. The van der Waals surface area contributed by atoms with Gasteiger partial charge in [-0.15, -0.1) is 0 Å². The van der Waals surface area contributed by atoms with Gasteiger partial charge in [-0.05, 0) is 42.8 Å². The molecule has 0 saturated heterocycles. The summed E-state index contributed by atoms with van der Waals surface area (Å²) in [4.78, 5) is 0. The Morgan fingerprint density at radius 3 is 2.81 bits per heavy atom. The van der Waals surface area contributed by atoms with Crippen LogP contribution in [0.15, 0.2) is 24.3 Å². The number of rotatable bonds is 7. The Morgan fingerprint density at radius 2 is 2.19 bits per heavy atom. The molecule has 0 aliphatic carbocycles. The average Bonchev–Trinajstić information content (AvgIpc) is 2.28. The highest BCUT2D eigenvalue weighted by Crippen LogP contribution is 2.18. The van der Waals surface area contributed by atoms with Gasteiger partial charge in [0, 0.05) is 5.33 Å². The molecule has 0 radical (unpaired) electrons. The molecule has 0 aliphatic heterocycles. The first kappa shape index (κ1) is 14.1. The maximum Gasteiger partial charge on any atom is 0.00631 e. The zero-order chi connectivity index (χ0) is 11.8. The van der Waals surface area contributed by atoms with Gasteiger partial charge < -0.3 is 0 Å². The quantitative estimate of drug-likeness (QED) is 0.520. The molecule has 1 rings (SSSR count). The van der Waals surface area contributed by atoms with Crippen molar-refractivity contribution in [2.24, 2.45) is 5.92 Å². The highest BCUT2D eigenvalue weighted by atomic mass is 79.9. The average molecular weight is 301 g/mol. The van der Waals surface area contributed by atoms with Crippen LogP contribution in [0, 0.1) is 12.8 Å². The van der Waals surface area contributed by atoms with E-state index < -0.39 is 0 Å². The van der Waals surface area contributed by atoms with Gasteiger partial charge in [0.05, 0.1) is 0 Å². The maximum absolute atomic E-state index is 3.63. The van der Waals surface area contributed by atoms with Crippen LogP contribution in [-0.4, -0.2) is 16.8 Å². The first-order chi connectivity index (χ1) is 7.76. The predicted molar refractivity (Wildman–Crippen MR) is 79.8 cm³/mol. The Morgan fingerprint density at radius 1 is 1.38 bits per heavy atom. The molecular formula is C14H21BrS. The predicted octanol–water partition coefficient (Wildman–Crippen LogP) is 4.69. The molecule has 0 amide bonds. The summed E-state index contributed by atoms with van der Waals surface area (Å²) in [5, 5.41) is 1.12. The van der Waals surface area contributed by atoms with E-state index in [-0.39, 0.29) is 0 Å². The van der Waals surface area contributed by atoms with Crippen LogP contribution < -0.4 is 0 Å². The smallest absolute Gasteiger partial charge is 0.00631 e. The second kappa shape index (κ2) is 8.19. The lowest BCUT2D eigenvalue weighted by atomic mass is 9.98. The Kier molecular flexibility index (Phi) is 7.22. The number of halogens is 1. The van der Waals surface area contributed by atoms with Crippen molar-refractivity contribution in [3.8, 4) is 0 Å². The number of aryl methyl sites for hydroxylation is 1. The first-order valence-electron chi connectivity index (χ1n) is 5.95. The van der Waals surface area contributed by atoms with Crippen molar-refractivity contribution in [1.29, 1.82) is 0 Å². The fourth-order valence-corrected chi connectivity index (χ4v) is 3.14. The van der Waals surface area contributed by atoms with Crippen LogP contribution in [0.4, 0.5) is 0 Å². The van der Waals surface area contributed by atoms with E-state index in [1.165, 1.54) is 35.5 Å². The van der Waals surface area contributed by atoms with E-state index in [4.69, 9.17) is 0 Å². The zero-order valence-corrected chi connectivity index (χ0v) is 12.6. The summed E-state index contributed by atoms with van der Waals surface area (Å²) < 4.78 is 0. The molecule has 90 valence electrons. The van der Waals surface area contributed by atoms with E-state index in [1.54, 1.807) is 0 Å². The standard InChI is InChI=1S/C14H21BrS/c1-3-16-8-7-14(11-15)10-13-6-4-5-12(2)9-13/h4-6,9,14H,3,7-8,10-11H2,1-2H3. The lowest BCUT2D eigenvalue weighted by Crippen LogP contribution is -2.07. The minimum Gasteiger partial charge on any atom is -0.162 e. The lowest BCUT2D eigenvalue weighted by molar-refractivity contribution is 0.578. The van der Waals surface area contributed by atoms with Gasteiger partial charge in [0.25, 0.3) is 0 Å². The number of alkyl halides is 1. The van der Waals surface area contributed by atoms with Crippen LogP contribution in [0.25, 0.3) is 0 Å². The van der Waals surface area contributed by atoms with Crippen LogP contribution in [0.3, 0.4) is 0 Å². The van der Waals surface area contributed by atoms with E-state index in [1.807, 2.05) is 11.8 Å². The molecule has 0 fully saturated rings. The van der Waals surface area contributed by atoms with E-state index in [0.717, 1.165) is 11.2 Å². The van der Waals surface area contributed by atoms with Crippen molar-refractivity contribution in [2.45, 2.75) is 26.7 Å². The Bertz CT molecular complexity index is 299. The van der Waals surface area contributed by atoms with Gasteiger partial charge in [0.2, 0.25) is 0 Å². The van der Waals surface area contributed by atoms with Crippen molar-refractivity contribution in [2.75, 3.05) is 16.8 Å². The third-order valence-corrected chi connectivity index (χ3v) is 4.55. The molecule has 16 heavy (non-hydrogen) atoms. The third-order valence-electron chi connectivity index (χ3n) is 2.70. The number of thioether (sulfide) groups is 1. The van der Waals surface area contributed by atoms with Crippen LogP contribution >= 0.6 is 27.7 Å². The van der Waals surface area contributed by atoms with Gasteiger partial charge in [-0.25, -0.2) is 0 Å². The van der Waals surface area contributed by atoms with E-state index >= 15 is 0 Å². The first-order valence-corrected chi connectivity index (χ1v) is 8.23. The van der Waals surface area contributed by atoms with Gasteiger partial charge in [0.1, 0.15) is 0 Å². The second-order valence-corrected chi connectivity index (χ2v) is 6.24. The van der Waals surface area contributed by atoms with Crippen molar-refractivity contribution in [1.82, 2.24) is 0 Å². The normalized spacial score (nSPS) is 12.7. The molecule has 0 heterocycles. The molecule has 0 bridgehead atoms. The van der Waals surface area contributed by atoms with Crippen molar-refractivity contribution < 1.29 is 0 Å². The van der Waals surface area contributed by atoms with Crippen molar-refractivity contribution in [3.05, 3.63) is 35.4 Å². The summed E-state index contributed by atoms with van der Waals surface area (Å²) in [6.07, 6.45) is 2.52. The van der Waals surface area contributed by atoms with Gasteiger partial charge in [-0.1, -0.05) is 52.7 Å². The minimum atomic E-state index is 0.779. The Labute approximate surface area is 112 Å². The highest BCUT2D eigenvalue weighted by Gasteiger charge is 2.08. The van der Waals surface area contributed by atoms with Gasteiger partial charge >= 0.3 is 0 Å². The van der Waals surface area contributed by atoms with Gasteiger partial charge in [-0.2, -0.15) is 11.8 Å².